The van der Waals surface area contributed by atoms with Crippen LogP contribution in [0.3, 0.4) is 0 Å². The van der Waals surface area contributed by atoms with Crippen molar-refractivity contribution in [1.29, 1.82) is 0 Å². The molecule has 1 aromatic carbocycles. The van der Waals surface area contributed by atoms with Crippen LogP contribution in [0, 0.1) is 0 Å². The van der Waals surface area contributed by atoms with Crippen LogP contribution in [0.2, 0.25) is 0 Å². The zero-order chi connectivity index (χ0) is 14.3. The highest BCUT2D eigenvalue weighted by Gasteiger charge is 2.38. The summed E-state index contributed by atoms with van der Waals surface area (Å²) < 4.78 is 27.3. The minimum absolute atomic E-state index is 0.0146. The summed E-state index contributed by atoms with van der Waals surface area (Å²) in [4.78, 5) is 0. The quantitative estimate of drug-likeness (QED) is 0.902. The number of nitrogens with zero attached hydrogens (tertiary/aromatic N) is 1. The van der Waals surface area contributed by atoms with Gasteiger partial charge in [0.1, 0.15) is 0 Å². The third-order valence-electron chi connectivity index (χ3n) is 4.20. The van der Waals surface area contributed by atoms with Crippen LogP contribution in [0.4, 0.5) is 5.69 Å². The van der Waals surface area contributed by atoms with E-state index in [1.165, 1.54) is 12.8 Å². The average molecular weight is 294 g/mol. The first-order valence-electron chi connectivity index (χ1n) is 7.34. The molecule has 0 bridgehead atoms. The minimum Gasteiger partial charge on any atom is -0.313 e. The number of fused-ring (bicyclic) bond motifs is 1. The fourth-order valence-corrected chi connectivity index (χ4v) is 4.57. The van der Waals surface area contributed by atoms with Crippen molar-refractivity contribution in [2.24, 2.45) is 0 Å². The fourth-order valence-electron chi connectivity index (χ4n) is 2.84. The summed E-state index contributed by atoms with van der Waals surface area (Å²) in [7, 11) is -3.30. The van der Waals surface area contributed by atoms with Gasteiger partial charge in [-0.2, -0.15) is 0 Å². The van der Waals surface area contributed by atoms with Gasteiger partial charge in [0.2, 0.25) is 10.0 Å². The smallest absolute Gasteiger partial charge is 0.239 e. The summed E-state index contributed by atoms with van der Waals surface area (Å²) in [6, 6.07) is 8.37. The molecule has 110 valence electrons. The second-order valence-corrected chi connectivity index (χ2v) is 8.24. The second-order valence-electron chi connectivity index (χ2n) is 6.02. The summed E-state index contributed by atoms with van der Waals surface area (Å²) in [5.74, 6) is 0. The highest BCUT2D eigenvalue weighted by Crippen LogP contribution is 2.35. The lowest BCUT2D eigenvalue weighted by atomic mass is 10.1. The van der Waals surface area contributed by atoms with Crippen LogP contribution in [-0.2, 0) is 16.4 Å². The van der Waals surface area contributed by atoms with Crippen LogP contribution in [0.1, 0.15) is 32.3 Å². The zero-order valence-electron chi connectivity index (χ0n) is 12.0. The first-order valence-corrected chi connectivity index (χ1v) is 8.85. The SMILES string of the molecule is CC1Cc2ccccc2N1S(=O)(=O)C(C)CNC1CC1. The number of rotatable bonds is 5. The van der Waals surface area contributed by atoms with Crippen LogP contribution < -0.4 is 9.62 Å². The van der Waals surface area contributed by atoms with Crippen molar-refractivity contribution in [2.75, 3.05) is 10.8 Å². The Bertz CT molecular complexity index is 596. The van der Waals surface area contributed by atoms with Crippen LogP contribution in [0.25, 0.3) is 0 Å². The largest absolute Gasteiger partial charge is 0.313 e. The molecule has 1 aliphatic carbocycles. The molecule has 4 nitrogen and oxygen atoms in total. The molecule has 1 aliphatic heterocycles. The van der Waals surface area contributed by atoms with Gasteiger partial charge in [-0.3, -0.25) is 4.31 Å². The van der Waals surface area contributed by atoms with Crippen molar-refractivity contribution in [3.63, 3.8) is 0 Å². The Morgan fingerprint density at radius 2 is 2.05 bits per heavy atom. The minimum atomic E-state index is -3.30. The number of anilines is 1. The summed E-state index contributed by atoms with van der Waals surface area (Å²) in [5.41, 5.74) is 1.99. The number of sulfonamides is 1. The number of hydrogen-bond donors (Lipinski definition) is 1. The summed E-state index contributed by atoms with van der Waals surface area (Å²) >= 11 is 0. The van der Waals surface area contributed by atoms with Crippen molar-refractivity contribution in [3.8, 4) is 0 Å². The average Bonchev–Trinajstić information content (AvgIpc) is 3.16. The molecular formula is C15H22N2O2S. The van der Waals surface area contributed by atoms with E-state index in [9.17, 15) is 8.42 Å². The van der Waals surface area contributed by atoms with E-state index in [2.05, 4.69) is 5.32 Å². The second kappa shape index (κ2) is 5.04. The van der Waals surface area contributed by atoms with Crippen molar-refractivity contribution < 1.29 is 8.42 Å². The highest BCUT2D eigenvalue weighted by atomic mass is 32.2. The van der Waals surface area contributed by atoms with E-state index in [0.29, 0.717) is 12.6 Å². The van der Waals surface area contributed by atoms with Crippen molar-refractivity contribution in [3.05, 3.63) is 29.8 Å². The summed E-state index contributed by atoms with van der Waals surface area (Å²) in [6.45, 7) is 4.33. The van der Waals surface area contributed by atoms with Crippen molar-refractivity contribution in [1.82, 2.24) is 5.32 Å². The third kappa shape index (κ3) is 2.44. The van der Waals surface area contributed by atoms with Gasteiger partial charge in [-0.15, -0.1) is 0 Å². The Hall–Kier alpha value is -1.07. The van der Waals surface area contributed by atoms with E-state index in [1.807, 2.05) is 31.2 Å². The van der Waals surface area contributed by atoms with Gasteiger partial charge in [0, 0.05) is 18.6 Å². The van der Waals surface area contributed by atoms with Crippen LogP contribution in [-0.4, -0.2) is 32.3 Å². The molecule has 3 rings (SSSR count). The van der Waals surface area contributed by atoms with Gasteiger partial charge in [-0.25, -0.2) is 8.42 Å². The molecule has 0 spiro atoms. The monoisotopic (exact) mass is 294 g/mol. The molecule has 1 saturated carbocycles. The predicted octanol–water partition coefficient (Wildman–Crippen LogP) is 1.91. The van der Waals surface area contributed by atoms with Gasteiger partial charge in [0.15, 0.2) is 0 Å². The Morgan fingerprint density at radius 3 is 2.75 bits per heavy atom. The van der Waals surface area contributed by atoms with E-state index in [-0.39, 0.29) is 6.04 Å². The standard InChI is InChI=1S/C15H22N2O2S/c1-11-9-13-5-3-4-6-15(13)17(11)20(18,19)12(2)10-16-14-7-8-14/h3-6,11-12,14,16H,7-10H2,1-2H3. The third-order valence-corrected chi connectivity index (χ3v) is 6.49. The number of nitrogens with one attached hydrogen (secondary N) is 1. The predicted molar refractivity (Wildman–Crippen MR) is 81.5 cm³/mol. The molecule has 2 aliphatic rings. The van der Waals surface area contributed by atoms with E-state index in [1.54, 1.807) is 11.2 Å². The molecule has 5 heteroatoms. The van der Waals surface area contributed by atoms with E-state index >= 15 is 0 Å². The van der Waals surface area contributed by atoms with Gasteiger partial charge in [0.05, 0.1) is 10.9 Å². The molecule has 0 amide bonds. The van der Waals surface area contributed by atoms with E-state index in [0.717, 1.165) is 17.7 Å². The molecule has 1 heterocycles. The molecule has 0 saturated heterocycles. The van der Waals surface area contributed by atoms with Crippen molar-refractivity contribution >= 4 is 15.7 Å². The van der Waals surface area contributed by atoms with Gasteiger partial charge in [-0.05, 0) is 44.7 Å². The fraction of sp³-hybridized carbons (Fsp3) is 0.600. The maximum absolute atomic E-state index is 12.8. The maximum Gasteiger partial charge on any atom is 0.239 e. The lowest BCUT2D eigenvalue weighted by molar-refractivity contribution is 0.560. The van der Waals surface area contributed by atoms with Gasteiger partial charge < -0.3 is 5.32 Å². The first kappa shape index (κ1) is 13.9. The summed E-state index contributed by atoms with van der Waals surface area (Å²) in [6.07, 6.45) is 3.16. The van der Waals surface area contributed by atoms with Crippen LogP contribution in [0.5, 0.6) is 0 Å². The Balaban J connectivity index is 1.82. The molecule has 0 radical (unpaired) electrons. The maximum atomic E-state index is 12.8. The van der Waals surface area contributed by atoms with E-state index < -0.39 is 15.3 Å². The molecule has 1 aromatic rings. The number of hydrogen-bond acceptors (Lipinski definition) is 3. The molecule has 2 unspecified atom stereocenters. The molecule has 20 heavy (non-hydrogen) atoms. The Kier molecular flexibility index (Phi) is 3.50. The summed E-state index contributed by atoms with van der Waals surface area (Å²) in [5, 5.41) is 2.93. The van der Waals surface area contributed by atoms with Crippen molar-refractivity contribution in [2.45, 2.75) is 50.4 Å². The van der Waals surface area contributed by atoms with Gasteiger partial charge in [0.25, 0.3) is 0 Å². The lowest BCUT2D eigenvalue weighted by Crippen LogP contribution is -2.45. The van der Waals surface area contributed by atoms with E-state index in [4.69, 9.17) is 0 Å². The number of benzene rings is 1. The molecule has 2 atom stereocenters. The molecule has 1 fully saturated rings. The molecule has 1 N–H and O–H groups in total. The van der Waals surface area contributed by atoms with Gasteiger partial charge in [-0.1, -0.05) is 18.2 Å². The topological polar surface area (TPSA) is 49.4 Å². The molecule has 0 aromatic heterocycles. The Labute approximate surface area is 121 Å². The normalized spacial score (nSPS) is 23.7. The Morgan fingerprint density at radius 1 is 1.35 bits per heavy atom. The number of para-hydroxylation sites is 1. The highest BCUT2D eigenvalue weighted by molar-refractivity contribution is 7.93. The zero-order valence-corrected chi connectivity index (χ0v) is 12.9. The first-order chi connectivity index (χ1) is 9.50. The molecular weight excluding hydrogens is 272 g/mol. The lowest BCUT2D eigenvalue weighted by Gasteiger charge is -2.28. The van der Waals surface area contributed by atoms with Crippen LogP contribution in [0.15, 0.2) is 24.3 Å². The van der Waals surface area contributed by atoms with Crippen LogP contribution >= 0.6 is 0 Å². The van der Waals surface area contributed by atoms with Gasteiger partial charge >= 0.3 is 0 Å².